The minimum absolute atomic E-state index is 0.616. The Balaban J connectivity index is 1.09. The topological polar surface area (TPSA) is 62.7 Å². The molecule has 4 nitrogen and oxygen atoms in total. The van der Waals surface area contributed by atoms with Gasteiger partial charge in [0.2, 0.25) is 0 Å². The molecule has 3 aromatic heterocycles. The van der Waals surface area contributed by atoms with Crippen LogP contribution in [0.15, 0.2) is 168 Å². The normalized spacial score (nSPS) is 11.4. The number of hydrogen-bond donors (Lipinski definition) is 0. The first kappa shape index (κ1) is 30.0. The third-order valence-corrected chi connectivity index (χ3v) is 10.8. The fourth-order valence-electron chi connectivity index (χ4n) is 7.24. The van der Waals surface area contributed by atoms with E-state index in [4.69, 9.17) is 14.4 Å². The summed E-state index contributed by atoms with van der Waals surface area (Å²) < 4.78 is 7.57. The van der Waals surface area contributed by atoms with Gasteiger partial charge in [0.25, 0.3) is 0 Å². The van der Waals surface area contributed by atoms with Crippen LogP contribution in [0, 0.1) is 11.3 Å². The van der Waals surface area contributed by atoms with Crippen molar-refractivity contribution in [3.05, 3.63) is 169 Å². The Morgan fingerprint density at radius 1 is 0.500 bits per heavy atom. The monoisotopic (exact) mass is 681 g/mol. The van der Waals surface area contributed by atoms with Crippen LogP contribution < -0.4 is 0 Å². The maximum absolute atomic E-state index is 9.47. The van der Waals surface area contributed by atoms with E-state index in [2.05, 4.69) is 140 Å². The van der Waals surface area contributed by atoms with Crippen molar-refractivity contribution in [1.82, 2.24) is 9.97 Å². The van der Waals surface area contributed by atoms with Gasteiger partial charge in [-0.25, -0.2) is 9.97 Å². The third kappa shape index (κ3) is 5.05. The van der Waals surface area contributed by atoms with Crippen molar-refractivity contribution in [3.8, 4) is 62.1 Å². The average molecular weight is 682 g/mol. The van der Waals surface area contributed by atoms with Gasteiger partial charge in [0.15, 0.2) is 5.82 Å². The molecule has 242 valence electrons. The Labute approximate surface area is 303 Å². The largest absolute Gasteiger partial charge is 0.455 e. The quantitative estimate of drug-likeness (QED) is 0.181. The molecule has 0 radical (unpaired) electrons. The van der Waals surface area contributed by atoms with Crippen LogP contribution >= 0.6 is 11.3 Å². The van der Waals surface area contributed by atoms with Gasteiger partial charge in [-0.2, -0.15) is 5.26 Å². The second-order valence-corrected chi connectivity index (χ2v) is 13.9. The molecule has 0 bridgehead atoms. The predicted octanol–water partition coefficient (Wildman–Crippen LogP) is 13.0. The minimum Gasteiger partial charge on any atom is -0.455 e. The van der Waals surface area contributed by atoms with E-state index in [1.165, 1.54) is 15.6 Å². The highest BCUT2D eigenvalue weighted by Crippen LogP contribution is 2.41. The van der Waals surface area contributed by atoms with Crippen LogP contribution in [0.1, 0.15) is 5.56 Å². The van der Waals surface area contributed by atoms with E-state index in [0.717, 1.165) is 76.8 Å². The lowest BCUT2D eigenvalue weighted by molar-refractivity contribution is 0.670. The molecule has 0 spiro atoms. The number of para-hydroxylation sites is 1. The maximum Gasteiger partial charge on any atom is 0.161 e. The summed E-state index contributed by atoms with van der Waals surface area (Å²) in [6.07, 6.45) is 0. The summed E-state index contributed by atoms with van der Waals surface area (Å²) in [7, 11) is 0. The highest BCUT2D eigenvalue weighted by atomic mass is 32.1. The van der Waals surface area contributed by atoms with Crippen LogP contribution in [0.3, 0.4) is 0 Å². The van der Waals surface area contributed by atoms with E-state index in [-0.39, 0.29) is 0 Å². The smallest absolute Gasteiger partial charge is 0.161 e. The molecule has 3 heterocycles. The Bertz CT molecular complexity index is 3040. The van der Waals surface area contributed by atoms with Gasteiger partial charge in [-0.05, 0) is 70.3 Å². The molecule has 0 unspecified atom stereocenters. The number of rotatable bonds is 5. The Kier molecular flexibility index (Phi) is 7.02. The van der Waals surface area contributed by atoms with Crippen LogP contribution in [-0.4, -0.2) is 9.97 Å². The summed E-state index contributed by atoms with van der Waals surface area (Å²) in [4.78, 5) is 11.5. The van der Waals surface area contributed by atoms with Gasteiger partial charge in [0.1, 0.15) is 16.0 Å². The second-order valence-electron chi connectivity index (χ2n) is 12.9. The lowest BCUT2D eigenvalue weighted by Crippen LogP contribution is -1.94. The van der Waals surface area contributed by atoms with Crippen LogP contribution in [0.5, 0.6) is 0 Å². The summed E-state index contributed by atoms with van der Waals surface area (Å²) in [6.45, 7) is 0. The average Bonchev–Trinajstić information content (AvgIpc) is 3.79. The molecular weight excluding hydrogens is 655 g/mol. The summed E-state index contributed by atoms with van der Waals surface area (Å²) in [5.41, 5.74) is 11.7. The lowest BCUT2D eigenvalue weighted by atomic mass is 9.96. The molecule has 0 atom stereocenters. The SMILES string of the molecule is N#Cc1ccc2oc3c(-c4cccc(-c5cccc(-c6nc(-c7cccc(-c8ccccc8)c7)c7c(n6)sc6ccccc67)c5)c4)cccc3c2c1. The van der Waals surface area contributed by atoms with Crippen molar-refractivity contribution in [2.45, 2.75) is 0 Å². The first-order chi connectivity index (χ1) is 25.7. The number of hydrogen-bond acceptors (Lipinski definition) is 5. The molecular formula is C47H27N3OS. The Morgan fingerprint density at radius 3 is 1.96 bits per heavy atom. The number of fused-ring (bicyclic) bond motifs is 6. The Hall–Kier alpha value is -6.87. The van der Waals surface area contributed by atoms with Gasteiger partial charge in [-0.15, -0.1) is 11.3 Å². The third-order valence-electron chi connectivity index (χ3n) is 9.74. The summed E-state index contributed by atoms with van der Waals surface area (Å²) >= 11 is 1.71. The molecule has 10 rings (SSSR count). The lowest BCUT2D eigenvalue weighted by Gasteiger charge is -2.11. The minimum atomic E-state index is 0.616. The molecule has 0 amide bonds. The molecule has 0 aliphatic rings. The highest BCUT2D eigenvalue weighted by Gasteiger charge is 2.18. The number of aromatic nitrogens is 2. The standard InChI is InChI=1S/C47H27N3OS/c48-28-29-22-23-41-40(24-29)38-20-9-19-37(45(38)51-41)34-15-6-13-32(25-34)33-14-8-17-36(27-33)46-49-44(43-39-18-4-5-21-42(39)52-47(43)50-46)35-16-7-12-31(26-35)30-10-2-1-3-11-30/h1-27H. The molecule has 0 fully saturated rings. The van der Waals surface area contributed by atoms with Crippen LogP contribution in [0.25, 0.3) is 98.3 Å². The molecule has 0 saturated carbocycles. The van der Waals surface area contributed by atoms with Crippen LogP contribution in [0.2, 0.25) is 0 Å². The number of thiophene rings is 1. The number of benzene rings is 7. The molecule has 10 aromatic rings. The fraction of sp³-hybridized carbons (Fsp3) is 0. The maximum atomic E-state index is 9.47. The predicted molar refractivity (Wildman–Crippen MR) is 214 cm³/mol. The molecule has 0 aliphatic carbocycles. The first-order valence-electron chi connectivity index (χ1n) is 17.1. The highest BCUT2D eigenvalue weighted by molar-refractivity contribution is 7.25. The van der Waals surface area contributed by atoms with E-state index in [9.17, 15) is 5.26 Å². The van der Waals surface area contributed by atoms with Crippen molar-refractivity contribution in [1.29, 1.82) is 5.26 Å². The molecule has 0 saturated heterocycles. The van der Waals surface area contributed by atoms with E-state index in [1.807, 2.05) is 24.3 Å². The summed E-state index contributed by atoms with van der Waals surface area (Å²) in [6, 6.07) is 58.7. The van der Waals surface area contributed by atoms with Crippen molar-refractivity contribution in [2.24, 2.45) is 0 Å². The van der Waals surface area contributed by atoms with Crippen molar-refractivity contribution < 1.29 is 4.42 Å². The van der Waals surface area contributed by atoms with Gasteiger partial charge in [-0.3, -0.25) is 0 Å². The first-order valence-corrected chi connectivity index (χ1v) is 17.9. The molecule has 7 aromatic carbocycles. The van der Waals surface area contributed by atoms with Gasteiger partial charge in [0.05, 0.1) is 17.3 Å². The van der Waals surface area contributed by atoms with Gasteiger partial charge in [-0.1, -0.05) is 121 Å². The molecule has 0 aliphatic heterocycles. The van der Waals surface area contributed by atoms with Gasteiger partial charge < -0.3 is 4.42 Å². The van der Waals surface area contributed by atoms with Crippen LogP contribution in [0.4, 0.5) is 0 Å². The van der Waals surface area contributed by atoms with Crippen molar-refractivity contribution in [2.75, 3.05) is 0 Å². The van der Waals surface area contributed by atoms with Crippen LogP contribution in [-0.2, 0) is 0 Å². The Morgan fingerprint density at radius 2 is 1.13 bits per heavy atom. The van der Waals surface area contributed by atoms with E-state index in [1.54, 1.807) is 17.4 Å². The van der Waals surface area contributed by atoms with E-state index in [0.29, 0.717) is 11.4 Å². The summed E-state index contributed by atoms with van der Waals surface area (Å²) in [5.74, 6) is 0.695. The molecule has 0 N–H and O–H groups in total. The van der Waals surface area contributed by atoms with E-state index < -0.39 is 0 Å². The van der Waals surface area contributed by atoms with Crippen molar-refractivity contribution in [3.63, 3.8) is 0 Å². The van der Waals surface area contributed by atoms with Gasteiger partial charge in [0, 0.05) is 42.9 Å². The zero-order valence-corrected chi connectivity index (χ0v) is 28.6. The fourth-order valence-corrected chi connectivity index (χ4v) is 8.31. The molecule has 52 heavy (non-hydrogen) atoms. The number of furan rings is 1. The zero-order valence-electron chi connectivity index (χ0n) is 27.7. The number of nitrogens with zero attached hydrogens (tertiary/aromatic N) is 3. The van der Waals surface area contributed by atoms with E-state index >= 15 is 0 Å². The number of nitriles is 1. The summed E-state index contributed by atoms with van der Waals surface area (Å²) in [5, 5.41) is 13.7. The molecule has 5 heteroatoms. The zero-order chi connectivity index (χ0) is 34.6. The second kappa shape index (κ2) is 12.2. The van der Waals surface area contributed by atoms with Crippen molar-refractivity contribution >= 4 is 53.6 Å². The van der Waals surface area contributed by atoms with Gasteiger partial charge >= 0.3 is 0 Å².